The number of nitrogens with one attached hydrogen (secondary N) is 1. The van der Waals surface area contributed by atoms with Crippen molar-refractivity contribution in [2.75, 3.05) is 12.4 Å². The molecule has 2 N–H and O–H groups in total. The average molecular weight is 438 g/mol. The van der Waals surface area contributed by atoms with Crippen LogP contribution in [-0.2, 0) is 15.8 Å². The highest BCUT2D eigenvalue weighted by atomic mass is 19.4. The first-order valence-corrected chi connectivity index (χ1v) is 9.38. The number of allylic oxidation sites excluding steroid dienone is 1. The fourth-order valence-corrected chi connectivity index (χ4v) is 2.89. The minimum atomic E-state index is -4.44. The Kier molecular flexibility index (Phi) is 8.18. The fourth-order valence-electron chi connectivity index (χ4n) is 2.89. The maximum atomic E-state index is 13.0. The van der Waals surface area contributed by atoms with Crippen LogP contribution in [0.2, 0.25) is 0 Å². The predicted octanol–water partition coefficient (Wildman–Crippen LogP) is 5.81. The van der Waals surface area contributed by atoms with Crippen molar-refractivity contribution >= 4 is 17.8 Å². The molecule has 0 saturated carbocycles. The molecule has 166 valence electrons. The monoisotopic (exact) mass is 438 g/mol. The summed E-state index contributed by atoms with van der Waals surface area (Å²) in [6.07, 6.45) is -2.91. The minimum absolute atomic E-state index is 0.0101. The van der Waals surface area contributed by atoms with Crippen LogP contribution in [0.15, 0.2) is 65.0 Å². The van der Waals surface area contributed by atoms with Crippen LogP contribution in [0.3, 0.4) is 0 Å². The number of oxime groups is 1. The standard InChI is InChI=1S/C22H22F4N2O3/c1-3-14(15-4-6-16(7-5-15)22(24,25)26)12-20(29)19(13-27-31-2)21(30)28-18-10-8-17(23)9-11-18/h4-11,13-14,29H,3,12H2,1-2H3,(H,28,30). The summed E-state index contributed by atoms with van der Waals surface area (Å²) in [7, 11) is 1.26. The lowest BCUT2D eigenvalue weighted by molar-refractivity contribution is -0.137. The van der Waals surface area contributed by atoms with Gasteiger partial charge in [0.15, 0.2) is 0 Å². The average Bonchev–Trinajstić information content (AvgIpc) is 2.73. The van der Waals surface area contributed by atoms with Gasteiger partial charge in [-0.3, -0.25) is 4.79 Å². The highest BCUT2D eigenvalue weighted by Gasteiger charge is 2.30. The number of halogens is 4. The van der Waals surface area contributed by atoms with E-state index in [0.717, 1.165) is 18.3 Å². The number of alkyl halides is 3. The molecular formula is C22H22F4N2O3. The number of hydrogen-bond donors (Lipinski definition) is 2. The molecule has 1 amide bonds. The van der Waals surface area contributed by atoms with Crippen LogP contribution in [0.4, 0.5) is 23.2 Å². The van der Waals surface area contributed by atoms with E-state index in [4.69, 9.17) is 0 Å². The Morgan fingerprint density at radius 1 is 1.16 bits per heavy atom. The Balaban J connectivity index is 2.26. The number of carbonyl (C=O) groups excluding carboxylic acids is 1. The summed E-state index contributed by atoms with van der Waals surface area (Å²) < 4.78 is 51.4. The van der Waals surface area contributed by atoms with Crippen LogP contribution in [0.25, 0.3) is 0 Å². The Morgan fingerprint density at radius 3 is 2.29 bits per heavy atom. The summed E-state index contributed by atoms with van der Waals surface area (Å²) >= 11 is 0. The van der Waals surface area contributed by atoms with Crippen molar-refractivity contribution in [3.63, 3.8) is 0 Å². The summed E-state index contributed by atoms with van der Waals surface area (Å²) in [5.74, 6) is -1.83. The highest BCUT2D eigenvalue weighted by Crippen LogP contribution is 2.32. The SMILES string of the molecule is CCC(CC(O)=C(C=NOC)C(=O)Nc1ccc(F)cc1)c1ccc(C(F)(F)F)cc1. The van der Waals surface area contributed by atoms with Gasteiger partial charge in [0, 0.05) is 12.1 Å². The zero-order valence-corrected chi connectivity index (χ0v) is 16.9. The van der Waals surface area contributed by atoms with E-state index < -0.39 is 23.5 Å². The van der Waals surface area contributed by atoms with Gasteiger partial charge in [0.05, 0.1) is 17.4 Å². The molecule has 0 radical (unpaired) electrons. The lowest BCUT2D eigenvalue weighted by Gasteiger charge is -2.17. The number of aliphatic hydroxyl groups excluding tert-OH is 1. The van der Waals surface area contributed by atoms with E-state index in [1.165, 1.54) is 43.5 Å². The van der Waals surface area contributed by atoms with Gasteiger partial charge >= 0.3 is 6.18 Å². The molecule has 0 aromatic heterocycles. The molecular weight excluding hydrogens is 416 g/mol. The van der Waals surface area contributed by atoms with E-state index in [1.807, 2.05) is 6.92 Å². The van der Waals surface area contributed by atoms with Crippen molar-refractivity contribution < 1.29 is 32.3 Å². The van der Waals surface area contributed by atoms with E-state index in [9.17, 15) is 27.5 Å². The zero-order chi connectivity index (χ0) is 23.0. The molecule has 0 aliphatic rings. The quantitative estimate of drug-likeness (QED) is 0.180. The third kappa shape index (κ3) is 6.84. The van der Waals surface area contributed by atoms with Gasteiger partial charge in [-0.25, -0.2) is 4.39 Å². The van der Waals surface area contributed by atoms with E-state index >= 15 is 0 Å². The molecule has 0 fully saturated rings. The van der Waals surface area contributed by atoms with E-state index in [-0.39, 0.29) is 23.7 Å². The summed E-state index contributed by atoms with van der Waals surface area (Å²) in [5, 5.41) is 16.7. The Morgan fingerprint density at radius 2 is 1.77 bits per heavy atom. The van der Waals surface area contributed by atoms with Crippen molar-refractivity contribution in [1.29, 1.82) is 0 Å². The zero-order valence-electron chi connectivity index (χ0n) is 16.9. The molecule has 0 aliphatic heterocycles. The number of aliphatic hydroxyl groups is 1. The molecule has 2 aromatic carbocycles. The molecule has 2 aromatic rings. The Bertz CT molecular complexity index is 937. The summed E-state index contributed by atoms with van der Waals surface area (Å²) in [4.78, 5) is 17.2. The van der Waals surface area contributed by atoms with Gasteiger partial charge in [0.25, 0.3) is 5.91 Å². The molecule has 0 saturated heterocycles. The topological polar surface area (TPSA) is 70.9 Å². The summed E-state index contributed by atoms with van der Waals surface area (Å²) in [6, 6.07) is 9.70. The molecule has 0 bridgehead atoms. The van der Waals surface area contributed by atoms with Crippen molar-refractivity contribution in [2.24, 2.45) is 5.16 Å². The van der Waals surface area contributed by atoms with E-state index in [0.29, 0.717) is 17.7 Å². The van der Waals surface area contributed by atoms with Crippen molar-refractivity contribution in [3.8, 4) is 0 Å². The summed E-state index contributed by atoms with van der Waals surface area (Å²) in [6.45, 7) is 1.82. The van der Waals surface area contributed by atoms with Gasteiger partial charge in [-0.2, -0.15) is 13.2 Å². The number of hydrogen-bond acceptors (Lipinski definition) is 4. The lowest BCUT2D eigenvalue weighted by Crippen LogP contribution is -2.18. The first-order chi connectivity index (χ1) is 14.7. The number of nitrogens with zero attached hydrogens (tertiary/aromatic N) is 1. The molecule has 1 atom stereocenters. The van der Waals surface area contributed by atoms with Crippen LogP contribution in [0.1, 0.15) is 36.8 Å². The highest BCUT2D eigenvalue weighted by molar-refractivity contribution is 6.18. The minimum Gasteiger partial charge on any atom is -0.511 e. The number of anilines is 1. The first-order valence-electron chi connectivity index (χ1n) is 9.38. The molecule has 31 heavy (non-hydrogen) atoms. The fraction of sp³-hybridized carbons (Fsp3) is 0.273. The maximum Gasteiger partial charge on any atom is 0.416 e. The van der Waals surface area contributed by atoms with Crippen LogP contribution < -0.4 is 5.32 Å². The molecule has 0 heterocycles. The molecule has 1 unspecified atom stereocenters. The second-order valence-corrected chi connectivity index (χ2v) is 6.67. The third-order valence-corrected chi connectivity index (χ3v) is 4.59. The Hall–Kier alpha value is -3.36. The summed E-state index contributed by atoms with van der Waals surface area (Å²) in [5.41, 5.74) is -0.0599. The smallest absolute Gasteiger partial charge is 0.416 e. The first kappa shape index (κ1) is 23.9. The van der Waals surface area contributed by atoms with Gasteiger partial charge in [-0.15, -0.1) is 0 Å². The van der Waals surface area contributed by atoms with Crippen molar-refractivity contribution in [2.45, 2.75) is 31.9 Å². The molecule has 5 nitrogen and oxygen atoms in total. The van der Waals surface area contributed by atoms with Crippen LogP contribution in [-0.4, -0.2) is 24.3 Å². The number of carbonyl (C=O) groups is 1. The third-order valence-electron chi connectivity index (χ3n) is 4.59. The maximum absolute atomic E-state index is 13.0. The van der Waals surface area contributed by atoms with Gasteiger partial charge < -0.3 is 15.3 Å². The van der Waals surface area contributed by atoms with Gasteiger partial charge in [0.2, 0.25) is 0 Å². The second-order valence-electron chi connectivity index (χ2n) is 6.67. The van der Waals surface area contributed by atoms with Crippen LogP contribution in [0, 0.1) is 5.82 Å². The molecule has 9 heteroatoms. The van der Waals surface area contributed by atoms with Gasteiger partial charge in [-0.1, -0.05) is 24.2 Å². The Labute approximate surface area is 177 Å². The van der Waals surface area contributed by atoms with E-state index in [2.05, 4.69) is 15.3 Å². The van der Waals surface area contributed by atoms with Gasteiger partial charge in [0.1, 0.15) is 18.7 Å². The largest absolute Gasteiger partial charge is 0.511 e. The van der Waals surface area contributed by atoms with Crippen molar-refractivity contribution in [1.82, 2.24) is 0 Å². The predicted molar refractivity (Wildman–Crippen MR) is 109 cm³/mol. The number of benzene rings is 2. The van der Waals surface area contributed by atoms with Gasteiger partial charge in [-0.05, 0) is 54.3 Å². The molecule has 0 aliphatic carbocycles. The number of amides is 1. The van der Waals surface area contributed by atoms with Crippen LogP contribution in [0.5, 0.6) is 0 Å². The normalized spacial score (nSPS) is 13.6. The lowest BCUT2D eigenvalue weighted by atomic mass is 9.90. The van der Waals surface area contributed by atoms with Crippen molar-refractivity contribution in [3.05, 3.63) is 76.8 Å². The second kappa shape index (κ2) is 10.6. The molecule has 0 spiro atoms. The van der Waals surface area contributed by atoms with Crippen LogP contribution >= 0.6 is 0 Å². The number of rotatable bonds is 8. The molecule has 2 rings (SSSR count). The van der Waals surface area contributed by atoms with E-state index in [1.54, 1.807) is 0 Å².